The van der Waals surface area contributed by atoms with E-state index in [1.54, 1.807) is 11.9 Å². The van der Waals surface area contributed by atoms with Crippen LogP contribution in [0.5, 0.6) is 0 Å². The predicted molar refractivity (Wildman–Crippen MR) is 113 cm³/mol. The molecule has 2 aromatic carbocycles. The Hall–Kier alpha value is -2.26. The van der Waals surface area contributed by atoms with Crippen molar-refractivity contribution in [3.63, 3.8) is 0 Å². The van der Waals surface area contributed by atoms with Gasteiger partial charge in [0.1, 0.15) is 5.60 Å². The molecule has 0 spiro atoms. The highest BCUT2D eigenvalue weighted by molar-refractivity contribution is 6.31. The predicted octanol–water partition coefficient (Wildman–Crippen LogP) is 6.66. The summed E-state index contributed by atoms with van der Waals surface area (Å²) in [6.07, 6.45) is 4.50. The third-order valence-electron chi connectivity index (χ3n) is 4.18. The maximum absolute atomic E-state index is 12.6. The molecule has 0 heterocycles. The van der Waals surface area contributed by atoms with Gasteiger partial charge in [-0.15, -0.1) is 0 Å². The minimum Gasteiger partial charge on any atom is -0.444 e. The number of aryl methyl sites for hydroxylation is 1. The molecule has 0 N–H and O–H groups in total. The Morgan fingerprint density at radius 1 is 1.19 bits per heavy atom. The maximum atomic E-state index is 12.6. The lowest BCUT2D eigenvalue weighted by molar-refractivity contribution is 0.0221. The topological polar surface area (TPSA) is 29.5 Å². The lowest BCUT2D eigenvalue weighted by Gasteiger charge is -2.30. The van der Waals surface area contributed by atoms with Crippen LogP contribution >= 0.6 is 11.6 Å². The molecule has 0 aliphatic carbocycles. The van der Waals surface area contributed by atoms with Crippen LogP contribution in [0.25, 0.3) is 6.08 Å². The van der Waals surface area contributed by atoms with Gasteiger partial charge in [0, 0.05) is 12.1 Å². The molecule has 0 saturated heterocycles. The van der Waals surface area contributed by atoms with Gasteiger partial charge in [0.25, 0.3) is 0 Å². The zero-order valence-corrected chi connectivity index (χ0v) is 17.5. The van der Waals surface area contributed by atoms with Crippen molar-refractivity contribution in [2.24, 2.45) is 0 Å². The van der Waals surface area contributed by atoms with Crippen LogP contribution in [0.1, 0.15) is 49.9 Å². The molecule has 0 unspecified atom stereocenters. The fraction of sp³-hybridized carbons (Fsp3) is 0.348. The highest BCUT2D eigenvalue weighted by Crippen LogP contribution is 2.26. The molecule has 3 nitrogen and oxygen atoms in total. The van der Waals surface area contributed by atoms with E-state index in [1.165, 1.54) is 0 Å². The number of halogens is 1. The van der Waals surface area contributed by atoms with E-state index in [0.29, 0.717) is 6.42 Å². The molecule has 0 radical (unpaired) electrons. The maximum Gasteiger partial charge on any atom is 0.410 e. The minimum absolute atomic E-state index is 0.106. The summed E-state index contributed by atoms with van der Waals surface area (Å²) in [5, 5.41) is 0.763. The second-order valence-electron chi connectivity index (χ2n) is 7.66. The average Bonchev–Trinajstić information content (AvgIpc) is 2.60. The van der Waals surface area contributed by atoms with Crippen LogP contribution in [-0.2, 0) is 4.74 Å². The fourth-order valence-electron chi connectivity index (χ4n) is 2.76. The van der Waals surface area contributed by atoms with E-state index in [-0.39, 0.29) is 12.1 Å². The van der Waals surface area contributed by atoms with Crippen LogP contribution in [0.15, 0.2) is 54.6 Å². The number of rotatable bonds is 5. The summed E-state index contributed by atoms with van der Waals surface area (Å²) < 4.78 is 5.54. The van der Waals surface area contributed by atoms with Gasteiger partial charge in [0.05, 0.1) is 6.04 Å². The van der Waals surface area contributed by atoms with Crippen molar-refractivity contribution in [1.29, 1.82) is 0 Å². The van der Waals surface area contributed by atoms with Crippen molar-refractivity contribution in [3.05, 3.63) is 76.3 Å². The van der Waals surface area contributed by atoms with Crippen molar-refractivity contribution < 1.29 is 9.53 Å². The van der Waals surface area contributed by atoms with Crippen LogP contribution in [0.2, 0.25) is 5.02 Å². The zero-order chi connectivity index (χ0) is 20.0. The largest absolute Gasteiger partial charge is 0.444 e. The van der Waals surface area contributed by atoms with Gasteiger partial charge in [-0.25, -0.2) is 4.79 Å². The Morgan fingerprint density at radius 3 is 2.44 bits per heavy atom. The lowest BCUT2D eigenvalue weighted by Crippen LogP contribution is -2.36. The smallest absolute Gasteiger partial charge is 0.410 e. The van der Waals surface area contributed by atoms with E-state index < -0.39 is 5.60 Å². The molecule has 27 heavy (non-hydrogen) atoms. The molecule has 2 rings (SSSR count). The van der Waals surface area contributed by atoms with Crippen LogP contribution < -0.4 is 0 Å². The number of benzene rings is 2. The number of carbonyl (C=O) groups is 1. The van der Waals surface area contributed by atoms with E-state index in [0.717, 1.165) is 21.7 Å². The highest BCUT2D eigenvalue weighted by Gasteiger charge is 2.25. The number of hydrogen-bond donors (Lipinski definition) is 0. The van der Waals surface area contributed by atoms with E-state index in [9.17, 15) is 4.79 Å². The van der Waals surface area contributed by atoms with Crippen LogP contribution in [0, 0.1) is 6.92 Å². The van der Waals surface area contributed by atoms with E-state index in [4.69, 9.17) is 16.3 Å². The Balaban J connectivity index is 2.19. The van der Waals surface area contributed by atoms with Gasteiger partial charge in [-0.3, -0.25) is 0 Å². The molecule has 1 atom stereocenters. The molecule has 0 bridgehead atoms. The first kappa shape index (κ1) is 21.0. The van der Waals surface area contributed by atoms with E-state index >= 15 is 0 Å². The number of hydrogen-bond acceptors (Lipinski definition) is 2. The van der Waals surface area contributed by atoms with Gasteiger partial charge in [0.15, 0.2) is 0 Å². The summed E-state index contributed by atoms with van der Waals surface area (Å²) in [6, 6.07) is 15.8. The third kappa shape index (κ3) is 6.44. The Bertz CT molecular complexity index is 794. The van der Waals surface area contributed by atoms with Crippen molar-refractivity contribution in [2.45, 2.75) is 45.8 Å². The molecule has 0 aliphatic rings. The molecule has 144 valence electrons. The Labute approximate surface area is 167 Å². The number of carbonyl (C=O) groups excluding carboxylic acids is 1. The monoisotopic (exact) mass is 385 g/mol. The van der Waals surface area contributed by atoms with Crippen LogP contribution in [-0.4, -0.2) is 23.6 Å². The quantitative estimate of drug-likeness (QED) is 0.575. The second kappa shape index (κ2) is 9.09. The van der Waals surface area contributed by atoms with Gasteiger partial charge < -0.3 is 9.64 Å². The fourth-order valence-corrected chi connectivity index (χ4v) is 2.88. The molecule has 0 saturated carbocycles. The van der Waals surface area contributed by atoms with Gasteiger partial charge in [-0.05, 0) is 56.9 Å². The zero-order valence-electron chi connectivity index (χ0n) is 16.7. The van der Waals surface area contributed by atoms with Gasteiger partial charge in [-0.1, -0.05) is 66.2 Å². The Kier molecular flexibility index (Phi) is 7.09. The highest BCUT2D eigenvalue weighted by atomic mass is 35.5. The number of ether oxygens (including phenoxy) is 1. The van der Waals surface area contributed by atoms with Gasteiger partial charge in [-0.2, -0.15) is 0 Å². The number of amides is 1. The second-order valence-corrected chi connectivity index (χ2v) is 8.07. The average molecular weight is 386 g/mol. The summed E-state index contributed by atoms with van der Waals surface area (Å²) in [5.74, 6) is 0. The molecule has 2 aromatic rings. The molecule has 1 amide bonds. The van der Waals surface area contributed by atoms with Crippen molar-refractivity contribution in [1.82, 2.24) is 4.90 Å². The summed E-state index contributed by atoms with van der Waals surface area (Å²) in [5.41, 5.74) is 2.68. The summed E-state index contributed by atoms with van der Waals surface area (Å²) in [7, 11) is 1.78. The number of nitrogens with zero attached hydrogens (tertiary/aromatic N) is 1. The van der Waals surface area contributed by atoms with Gasteiger partial charge >= 0.3 is 6.09 Å². The molecule has 0 aliphatic heterocycles. The van der Waals surface area contributed by atoms with Crippen molar-refractivity contribution in [2.75, 3.05) is 7.05 Å². The van der Waals surface area contributed by atoms with E-state index in [2.05, 4.69) is 12.2 Å². The first-order valence-corrected chi connectivity index (χ1v) is 9.48. The molecule has 4 heteroatoms. The van der Waals surface area contributed by atoms with Crippen molar-refractivity contribution in [3.8, 4) is 0 Å². The minimum atomic E-state index is -0.525. The van der Waals surface area contributed by atoms with Gasteiger partial charge in [0.2, 0.25) is 0 Å². The Morgan fingerprint density at radius 2 is 1.85 bits per heavy atom. The molecule has 0 aromatic heterocycles. The van der Waals surface area contributed by atoms with Crippen molar-refractivity contribution >= 4 is 23.8 Å². The van der Waals surface area contributed by atoms with Crippen LogP contribution in [0.4, 0.5) is 4.79 Å². The molecular formula is C23H28ClNO2. The molecular weight excluding hydrogens is 358 g/mol. The van der Waals surface area contributed by atoms with E-state index in [1.807, 2.05) is 76.2 Å². The standard InChI is InChI=1S/C23H28ClNO2/c1-17-16-18(14-15-20(17)24)10-9-13-21(19-11-7-6-8-12-19)25(5)22(26)27-23(2,3)4/h6-12,14-16,21H,13H2,1-5H3/b10-9+/t21-/m1/s1. The first-order valence-electron chi connectivity index (χ1n) is 9.11. The SMILES string of the molecule is Cc1cc(/C=C/C[C@H](c2ccccc2)N(C)C(=O)OC(C)(C)C)ccc1Cl. The summed E-state index contributed by atoms with van der Waals surface area (Å²) in [4.78, 5) is 14.2. The first-order chi connectivity index (χ1) is 12.7. The van der Waals surface area contributed by atoms with Crippen LogP contribution in [0.3, 0.4) is 0 Å². The molecule has 0 fully saturated rings. The normalized spacial score (nSPS) is 12.8. The summed E-state index contributed by atoms with van der Waals surface area (Å²) in [6.45, 7) is 7.61. The third-order valence-corrected chi connectivity index (χ3v) is 4.61. The summed E-state index contributed by atoms with van der Waals surface area (Å²) >= 11 is 6.09. The lowest BCUT2D eigenvalue weighted by atomic mass is 10.0.